The molecule has 1 aliphatic rings. The van der Waals surface area contributed by atoms with Crippen LogP contribution in [0.15, 0.2) is 18.2 Å². The van der Waals surface area contributed by atoms with E-state index in [0.717, 1.165) is 18.2 Å². The van der Waals surface area contributed by atoms with E-state index in [9.17, 15) is 4.39 Å². The molecule has 0 atom stereocenters. The highest BCUT2D eigenvalue weighted by Gasteiger charge is 2.13. The Morgan fingerprint density at radius 2 is 2.12 bits per heavy atom. The van der Waals surface area contributed by atoms with Crippen LogP contribution in [0, 0.1) is 11.7 Å². The number of nitrogens with one attached hydrogen (secondary N) is 1. The predicted molar refractivity (Wildman–Crippen MR) is 69.4 cm³/mol. The molecule has 0 aromatic heterocycles. The molecule has 2 nitrogen and oxygen atoms in total. The van der Waals surface area contributed by atoms with Crippen molar-refractivity contribution in [1.29, 1.82) is 0 Å². The lowest BCUT2D eigenvalue weighted by atomic mass is 10.0. The zero-order chi connectivity index (χ0) is 11.4. The second-order valence-electron chi connectivity index (χ2n) is 4.17. The largest absolute Gasteiger partial charge is 0.397 e. The molecule has 0 saturated carbocycles. The fourth-order valence-electron chi connectivity index (χ4n) is 1.90. The number of benzene rings is 1. The van der Waals surface area contributed by atoms with Crippen LogP contribution in [-0.4, -0.2) is 18.1 Å². The molecule has 3 N–H and O–H groups in total. The topological polar surface area (TPSA) is 38.0 Å². The quantitative estimate of drug-likeness (QED) is 0.798. The summed E-state index contributed by atoms with van der Waals surface area (Å²) < 4.78 is 12.8. The summed E-state index contributed by atoms with van der Waals surface area (Å²) in [7, 11) is 0. The molecule has 1 saturated heterocycles. The maximum Gasteiger partial charge on any atom is 0.125 e. The maximum absolute atomic E-state index is 12.8. The average molecular weight is 240 g/mol. The zero-order valence-electron chi connectivity index (χ0n) is 9.21. The third-order valence-electron chi connectivity index (χ3n) is 2.94. The maximum atomic E-state index is 12.8. The summed E-state index contributed by atoms with van der Waals surface area (Å²) in [5, 5.41) is 3.31. The van der Waals surface area contributed by atoms with Crippen LogP contribution in [0.2, 0.25) is 0 Å². The minimum atomic E-state index is -0.280. The van der Waals surface area contributed by atoms with E-state index in [1.165, 1.54) is 36.5 Å². The lowest BCUT2D eigenvalue weighted by Gasteiger charge is -2.22. The van der Waals surface area contributed by atoms with Gasteiger partial charge in [-0.2, -0.15) is 11.8 Å². The van der Waals surface area contributed by atoms with Crippen LogP contribution >= 0.6 is 11.8 Å². The van der Waals surface area contributed by atoms with Gasteiger partial charge in [0.1, 0.15) is 5.82 Å². The van der Waals surface area contributed by atoms with Crippen LogP contribution < -0.4 is 11.1 Å². The Labute approximate surface area is 99.8 Å². The van der Waals surface area contributed by atoms with Crippen LogP contribution in [0.1, 0.15) is 12.8 Å². The predicted octanol–water partition coefficient (Wildman–Crippen LogP) is 2.96. The van der Waals surface area contributed by atoms with Gasteiger partial charge in [0.25, 0.3) is 0 Å². The van der Waals surface area contributed by atoms with Crippen molar-refractivity contribution in [3.63, 3.8) is 0 Å². The van der Waals surface area contributed by atoms with Crippen LogP contribution in [0.3, 0.4) is 0 Å². The van der Waals surface area contributed by atoms with Gasteiger partial charge in [0, 0.05) is 6.54 Å². The van der Waals surface area contributed by atoms with Gasteiger partial charge in [0.2, 0.25) is 0 Å². The minimum Gasteiger partial charge on any atom is -0.397 e. The van der Waals surface area contributed by atoms with E-state index in [1.54, 1.807) is 6.07 Å². The molecular weight excluding hydrogens is 223 g/mol. The first-order valence-electron chi connectivity index (χ1n) is 5.62. The first kappa shape index (κ1) is 11.6. The highest BCUT2D eigenvalue weighted by atomic mass is 32.2. The van der Waals surface area contributed by atoms with Crippen LogP contribution in [0.4, 0.5) is 15.8 Å². The van der Waals surface area contributed by atoms with Crippen molar-refractivity contribution in [3.05, 3.63) is 24.0 Å². The molecule has 0 radical (unpaired) electrons. The Balaban J connectivity index is 1.88. The molecule has 0 amide bonds. The van der Waals surface area contributed by atoms with Crippen molar-refractivity contribution in [3.8, 4) is 0 Å². The van der Waals surface area contributed by atoms with Gasteiger partial charge in [0.05, 0.1) is 11.4 Å². The van der Waals surface area contributed by atoms with E-state index in [4.69, 9.17) is 5.73 Å². The Bertz CT molecular complexity index is 351. The molecule has 0 unspecified atom stereocenters. The molecule has 1 aromatic rings. The lowest BCUT2D eigenvalue weighted by Crippen LogP contribution is -2.19. The monoisotopic (exact) mass is 240 g/mol. The van der Waals surface area contributed by atoms with Gasteiger partial charge >= 0.3 is 0 Å². The summed E-state index contributed by atoms with van der Waals surface area (Å²) in [6.45, 7) is 0.941. The van der Waals surface area contributed by atoms with Crippen molar-refractivity contribution in [2.75, 3.05) is 29.1 Å². The summed E-state index contributed by atoms with van der Waals surface area (Å²) in [5.41, 5.74) is 7.07. The Kier molecular flexibility index (Phi) is 3.93. The molecule has 0 spiro atoms. The van der Waals surface area contributed by atoms with Crippen LogP contribution in [0.5, 0.6) is 0 Å². The van der Waals surface area contributed by atoms with Gasteiger partial charge in [-0.05, 0) is 48.5 Å². The van der Waals surface area contributed by atoms with Crippen molar-refractivity contribution in [2.24, 2.45) is 5.92 Å². The lowest BCUT2D eigenvalue weighted by molar-refractivity contribution is 0.516. The van der Waals surface area contributed by atoms with E-state index >= 15 is 0 Å². The second kappa shape index (κ2) is 5.43. The molecule has 1 heterocycles. The summed E-state index contributed by atoms with van der Waals surface area (Å²) >= 11 is 2.02. The molecule has 16 heavy (non-hydrogen) atoms. The Morgan fingerprint density at radius 3 is 2.81 bits per heavy atom. The normalized spacial score (nSPS) is 17.3. The first-order valence-corrected chi connectivity index (χ1v) is 6.78. The first-order chi connectivity index (χ1) is 7.75. The van der Waals surface area contributed by atoms with Crippen molar-refractivity contribution in [2.45, 2.75) is 12.8 Å². The summed E-state index contributed by atoms with van der Waals surface area (Å²) in [5.74, 6) is 2.96. The van der Waals surface area contributed by atoms with E-state index < -0.39 is 0 Å². The van der Waals surface area contributed by atoms with Crippen molar-refractivity contribution < 1.29 is 4.39 Å². The number of anilines is 2. The number of nitrogen functional groups attached to an aromatic ring is 1. The van der Waals surface area contributed by atoms with Gasteiger partial charge in [-0.3, -0.25) is 0 Å². The highest BCUT2D eigenvalue weighted by Crippen LogP contribution is 2.24. The molecule has 1 aromatic carbocycles. The highest BCUT2D eigenvalue weighted by molar-refractivity contribution is 7.99. The third-order valence-corrected chi connectivity index (χ3v) is 3.98. The Hall–Kier alpha value is -0.900. The molecule has 1 fully saturated rings. The van der Waals surface area contributed by atoms with Gasteiger partial charge in [0.15, 0.2) is 0 Å². The third kappa shape index (κ3) is 3.04. The zero-order valence-corrected chi connectivity index (χ0v) is 10.0. The van der Waals surface area contributed by atoms with Crippen molar-refractivity contribution >= 4 is 23.1 Å². The van der Waals surface area contributed by atoms with Crippen LogP contribution in [0.25, 0.3) is 0 Å². The molecular formula is C12H17FN2S. The minimum absolute atomic E-state index is 0.280. The number of thioether (sulfide) groups is 1. The summed E-state index contributed by atoms with van der Waals surface area (Å²) in [4.78, 5) is 0. The molecule has 2 rings (SSSR count). The molecule has 88 valence electrons. The number of hydrogen-bond acceptors (Lipinski definition) is 3. The van der Waals surface area contributed by atoms with Gasteiger partial charge in [-0.15, -0.1) is 0 Å². The van der Waals surface area contributed by atoms with E-state index in [2.05, 4.69) is 5.32 Å². The fourth-order valence-corrected chi connectivity index (χ4v) is 3.10. The molecule has 4 heteroatoms. The van der Waals surface area contributed by atoms with Crippen LogP contribution in [-0.2, 0) is 0 Å². The summed E-state index contributed by atoms with van der Waals surface area (Å²) in [6.07, 6.45) is 2.53. The molecule has 0 bridgehead atoms. The number of rotatable bonds is 3. The molecule has 1 aliphatic heterocycles. The number of hydrogen-bond donors (Lipinski definition) is 2. The van der Waals surface area contributed by atoms with Gasteiger partial charge in [-0.25, -0.2) is 4.39 Å². The average Bonchev–Trinajstić information content (AvgIpc) is 2.29. The number of nitrogens with two attached hydrogens (primary N) is 1. The second-order valence-corrected chi connectivity index (χ2v) is 5.39. The SMILES string of the molecule is Nc1cc(F)ccc1NCC1CCSCC1. The Morgan fingerprint density at radius 1 is 1.38 bits per heavy atom. The fraction of sp³-hybridized carbons (Fsp3) is 0.500. The smallest absolute Gasteiger partial charge is 0.125 e. The van der Waals surface area contributed by atoms with E-state index in [0.29, 0.717) is 5.69 Å². The molecule has 0 aliphatic carbocycles. The van der Waals surface area contributed by atoms with E-state index in [1.807, 2.05) is 11.8 Å². The van der Waals surface area contributed by atoms with Crippen molar-refractivity contribution in [1.82, 2.24) is 0 Å². The number of halogens is 1. The summed E-state index contributed by atoms with van der Waals surface area (Å²) in [6, 6.07) is 4.51. The van der Waals surface area contributed by atoms with E-state index in [-0.39, 0.29) is 5.82 Å². The standard InChI is InChI=1S/C12H17FN2S/c13-10-1-2-12(11(14)7-10)15-8-9-3-5-16-6-4-9/h1-2,7,9,15H,3-6,8,14H2. The van der Waals surface area contributed by atoms with Gasteiger partial charge < -0.3 is 11.1 Å². The van der Waals surface area contributed by atoms with Gasteiger partial charge in [-0.1, -0.05) is 0 Å².